The Morgan fingerprint density at radius 3 is 2.57 bits per heavy atom. The molecule has 0 amide bonds. The molecule has 1 fully saturated rings. The Kier molecular flexibility index (Phi) is 5.74. The van der Waals surface area contributed by atoms with Crippen LogP contribution in [-0.2, 0) is 0 Å². The number of piperazine rings is 1. The molecule has 1 saturated heterocycles. The number of hydrogen-bond acceptors (Lipinski definition) is 6. The Labute approximate surface area is 203 Å². The van der Waals surface area contributed by atoms with Crippen molar-refractivity contribution in [3.05, 3.63) is 54.5 Å². The molecule has 8 heteroatoms. The summed E-state index contributed by atoms with van der Waals surface area (Å²) in [6.07, 6.45) is 3.33. The lowest BCUT2D eigenvalue weighted by Crippen LogP contribution is -2.44. The second-order valence-electron chi connectivity index (χ2n) is 9.18. The number of fused-ring (bicyclic) bond motifs is 6. The third-order valence-electron chi connectivity index (χ3n) is 6.81. The number of anilines is 1. The van der Waals surface area contributed by atoms with E-state index in [4.69, 9.17) is 9.47 Å². The normalized spacial score (nSPS) is 16.8. The fraction of sp³-hybridized carbons (Fsp3) is 0.333. The molecule has 2 aromatic heterocycles. The maximum absolute atomic E-state index is 14.9. The van der Waals surface area contributed by atoms with E-state index in [1.165, 1.54) is 6.07 Å². The highest BCUT2D eigenvalue weighted by Crippen LogP contribution is 2.38. The van der Waals surface area contributed by atoms with Gasteiger partial charge in [0, 0.05) is 37.1 Å². The lowest BCUT2D eigenvalue weighted by atomic mass is 10.0. The predicted octanol–water partition coefficient (Wildman–Crippen LogP) is 4.73. The number of hydrogen-bond donors (Lipinski definition) is 1. The maximum atomic E-state index is 14.9. The highest BCUT2D eigenvalue weighted by atomic mass is 19.1. The van der Waals surface area contributed by atoms with E-state index >= 15 is 0 Å². The van der Waals surface area contributed by atoms with Gasteiger partial charge in [-0.2, -0.15) is 5.10 Å². The molecule has 2 aliphatic rings. The molecule has 4 bridgehead atoms. The number of aromatic amines is 1. The molecule has 2 aliphatic heterocycles. The third-order valence-corrected chi connectivity index (χ3v) is 6.81. The van der Waals surface area contributed by atoms with E-state index < -0.39 is 0 Å². The van der Waals surface area contributed by atoms with Crippen LogP contribution in [0.15, 0.2) is 48.7 Å². The molecular formula is C27H28FN5O2. The molecule has 0 aliphatic carbocycles. The average Bonchev–Trinajstić information content (AvgIpc) is 3.29. The number of nitrogens with zero attached hydrogens (tertiary/aromatic N) is 4. The van der Waals surface area contributed by atoms with Crippen molar-refractivity contribution in [1.82, 2.24) is 20.1 Å². The van der Waals surface area contributed by atoms with Crippen LogP contribution in [0.1, 0.15) is 12.8 Å². The molecule has 7 nitrogen and oxygen atoms in total. The number of benzene rings is 2. The topological polar surface area (TPSA) is 66.5 Å². The summed E-state index contributed by atoms with van der Waals surface area (Å²) < 4.78 is 27.3. The first kappa shape index (κ1) is 21.9. The van der Waals surface area contributed by atoms with Crippen LogP contribution in [0.3, 0.4) is 0 Å². The van der Waals surface area contributed by atoms with Gasteiger partial charge in [0.25, 0.3) is 0 Å². The minimum absolute atomic E-state index is 0.356. The lowest BCUT2D eigenvalue weighted by molar-refractivity contribution is 0.265. The van der Waals surface area contributed by atoms with E-state index in [-0.39, 0.29) is 5.82 Å². The minimum atomic E-state index is -0.356. The summed E-state index contributed by atoms with van der Waals surface area (Å²) in [6.45, 7) is 5.03. The Hall–Kier alpha value is -3.65. The summed E-state index contributed by atoms with van der Waals surface area (Å²) in [7, 11) is 2.16. The molecule has 4 heterocycles. The number of pyridine rings is 1. The Balaban J connectivity index is 1.47. The first-order chi connectivity index (χ1) is 17.2. The van der Waals surface area contributed by atoms with Gasteiger partial charge >= 0.3 is 0 Å². The highest BCUT2D eigenvalue weighted by Gasteiger charge is 2.21. The summed E-state index contributed by atoms with van der Waals surface area (Å²) in [5, 5.41) is 8.53. The summed E-state index contributed by atoms with van der Waals surface area (Å²) in [4.78, 5) is 9.25. The number of aromatic nitrogens is 3. The van der Waals surface area contributed by atoms with Gasteiger partial charge in [0.2, 0.25) is 0 Å². The standard InChI is InChI=1S/C27H28FN5O2/c1-32-9-11-33(12-10-32)23-8-7-18-15-25(23)35-14-3-2-13-34-24-6-4-5-20(28)26(24)21-16-19-22(17-29-21)30-31-27(18)19/h4-8,15-17H,2-3,9-14H2,1H3,(H,30,31). The maximum Gasteiger partial charge on any atom is 0.143 e. The molecular weight excluding hydrogens is 445 g/mol. The molecule has 1 N–H and O–H groups in total. The highest BCUT2D eigenvalue weighted by molar-refractivity contribution is 5.95. The zero-order valence-electron chi connectivity index (χ0n) is 19.8. The number of halogens is 1. The van der Waals surface area contributed by atoms with Crippen molar-refractivity contribution in [2.75, 3.05) is 51.3 Å². The monoisotopic (exact) mass is 473 g/mol. The molecule has 0 saturated carbocycles. The minimum Gasteiger partial charge on any atom is -0.493 e. The van der Waals surface area contributed by atoms with Crippen LogP contribution in [0.2, 0.25) is 0 Å². The molecule has 35 heavy (non-hydrogen) atoms. The third kappa shape index (κ3) is 4.18. The molecule has 2 aromatic carbocycles. The number of ether oxygens (including phenoxy) is 2. The van der Waals surface area contributed by atoms with Gasteiger partial charge in [0.05, 0.1) is 41.9 Å². The zero-order valence-corrected chi connectivity index (χ0v) is 19.8. The Bertz CT molecular complexity index is 1360. The number of rotatable bonds is 1. The summed E-state index contributed by atoms with van der Waals surface area (Å²) in [5.41, 5.74) is 4.53. The summed E-state index contributed by atoms with van der Waals surface area (Å²) in [5.74, 6) is 1.00. The van der Waals surface area contributed by atoms with Gasteiger partial charge in [-0.15, -0.1) is 0 Å². The van der Waals surface area contributed by atoms with Crippen molar-refractivity contribution in [3.8, 4) is 34.0 Å². The first-order valence-electron chi connectivity index (χ1n) is 12.1. The van der Waals surface area contributed by atoms with Crippen LogP contribution in [0.5, 0.6) is 11.5 Å². The number of H-pyrrole nitrogens is 1. The molecule has 180 valence electrons. The van der Waals surface area contributed by atoms with Crippen molar-refractivity contribution < 1.29 is 13.9 Å². The number of likely N-dealkylation sites (N-methyl/N-ethyl adjacent to an activating group) is 1. The number of nitrogens with one attached hydrogen (secondary N) is 1. The molecule has 0 spiro atoms. The molecule has 0 radical (unpaired) electrons. The van der Waals surface area contributed by atoms with Crippen LogP contribution in [0.4, 0.5) is 10.1 Å². The van der Waals surface area contributed by atoms with Crippen LogP contribution in [0.25, 0.3) is 33.4 Å². The summed E-state index contributed by atoms with van der Waals surface area (Å²) in [6, 6.07) is 13.1. The van der Waals surface area contributed by atoms with Crippen LogP contribution < -0.4 is 14.4 Å². The van der Waals surface area contributed by atoms with Gasteiger partial charge in [0.15, 0.2) is 0 Å². The van der Waals surface area contributed by atoms with Crippen molar-refractivity contribution in [1.29, 1.82) is 0 Å². The van der Waals surface area contributed by atoms with Gasteiger partial charge < -0.3 is 19.3 Å². The fourth-order valence-electron chi connectivity index (χ4n) is 4.80. The van der Waals surface area contributed by atoms with Gasteiger partial charge in [-0.05, 0) is 50.2 Å². The fourth-order valence-corrected chi connectivity index (χ4v) is 4.80. The zero-order chi connectivity index (χ0) is 23.8. The quantitative estimate of drug-likeness (QED) is 0.431. The van der Waals surface area contributed by atoms with Crippen molar-refractivity contribution in [2.24, 2.45) is 0 Å². The molecule has 0 unspecified atom stereocenters. The molecule has 0 atom stereocenters. The molecule has 4 aromatic rings. The SMILES string of the molecule is CN1CCN(c2ccc3cc2OCCCCOc2cccc(F)c2-c2cc4c-3n[nH]c4cn2)CC1. The van der Waals surface area contributed by atoms with Crippen molar-refractivity contribution in [2.45, 2.75) is 12.8 Å². The Morgan fingerprint density at radius 1 is 0.943 bits per heavy atom. The average molecular weight is 474 g/mol. The first-order valence-corrected chi connectivity index (χ1v) is 12.1. The van der Waals surface area contributed by atoms with E-state index in [0.717, 1.165) is 72.6 Å². The van der Waals surface area contributed by atoms with E-state index in [0.29, 0.717) is 30.2 Å². The van der Waals surface area contributed by atoms with E-state index in [2.05, 4.69) is 50.2 Å². The smallest absolute Gasteiger partial charge is 0.143 e. The van der Waals surface area contributed by atoms with Gasteiger partial charge in [-0.3, -0.25) is 10.1 Å². The van der Waals surface area contributed by atoms with E-state index in [1.54, 1.807) is 18.3 Å². The van der Waals surface area contributed by atoms with E-state index in [1.807, 2.05) is 6.07 Å². The van der Waals surface area contributed by atoms with Gasteiger partial charge in [0.1, 0.15) is 23.0 Å². The Morgan fingerprint density at radius 2 is 1.74 bits per heavy atom. The largest absolute Gasteiger partial charge is 0.493 e. The second kappa shape index (κ2) is 9.19. The second-order valence-corrected chi connectivity index (χ2v) is 9.18. The van der Waals surface area contributed by atoms with Crippen molar-refractivity contribution in [3.63, 3.8) is 0 Å². The van der Waals surface area contributed by atoms with Gasteiger partial charge in [-0.1, -0.05) is 12.1 Å². The van der Waals surface area contributed by atoms with Gasteiger partial charge in [-0.25, -0.2) is 4.39 Å². The van der Waals surface area contributed by atoms with Crippen molar-refractivity contribution >= 4 is 16.6 Å². The lowest BCUT2D eigenvalue weighted by Gasteiger charge is -2.35. The van der Waals surface area contributed by atoms with Crippen LogP contribution >= 0.6 is 0 Å². The molecule has 6 rings (SSSR count). The summed E-state index contributed by atoms with van der Waals surface area (Å²) >= 11 is 0. The van der Waals surface area contributed by atoms with Crippen LogP contribution in [-0.4, -0.2) is 66.5 Å². The van der Waals surface area contributed by atoms with E-state index in [9.17, 15) is 4.39 Å². The van der Waals surface area contributed by atoms with Crippen LogP contribution in [0, 0.1) is 5.82 Å². The predicted molar refractivity (Wildman–Crippen MR) is 135 cm³/mol.